The summed E-state index contributed by atoms with van der Waals surface area (Å²) >= 11 is 0. The summed E-state index contributed by atoms with van der Waals surface area (Å²) in [5, 5.41) is 2.30. The Morgan fingerprint density at radius 1 is 0.458 bits per heavy atom. The fourth-order valence-electron chi connectivity index (χ4n) is 6.28. The van der Waals surface area contributed by atoms with E-state index in [1.807, 2.05) is 42.6 Å². The molecule has 0 amide bonds. The molecule has 4 aromatic carbocycles. The number of aryl methyl sites for hydroxylation is 2. The van der Waals surface area contributed by atoms with Crippen LogP contribution in [0.5, 0.6) is 0 Å². The molecule has 4 aromatic heterocycles. The van der Waals surface area contributed by atoms with Gasteiger partial charge in [0.15, 0.2) is 5.82 Å². The second-order valence-corrected chi connectivity index (χ2v) is 11.9. The van der Waals surface area contributed by atoms with E-state index in [9.17, 15) is 0 Å². The van der Waals surface area contributed by atoms with Gasteiger partial charge < -0.3 is 0 Å². The van der Waals surface area contributed by atoms with Crippen molar-refractivity contribution in [2.24, 2.45) is 0 Å². The van der Waals surface area contributed by atoms with Gasteiger partial charge in [-0.25, -0.2) is 15.0 Å². The van der Waals surface area contributed by atoms with Crippen molar-refractivity contribution in [3.8, 4) is 56.3 Å². The lowest BCUT2D eigenvalue weighted by atomic mass is 10.00. The number of nitrogens with zero attached hydrogens (tertiary/aromatic N) is 5. The van der Waals surface area contributed by atoms with E-state index >= 15 is 0 Å². The zero-order valence-electron chi connectivity index (χ0n) is 26.9. The Bertz CT molecular complexity index is 2330. The zero-order valence-corrected chi connectivity index (χ0v) is 26.9. The van der Waals surface area contributed by atoms with E-state index in [2.05, 4.69) is 110 Å². The van der Waals surface area contributed by atoms with E-state index in [-0.39, 0.29) is 0 Å². The van der Waals surface area contributed by atoms with Gasteiger partial charge in [-0.1, -0.05) is 111 Å². The van der Waals surface area contributed by atoms with E-state index < -0.39 is 0 Å². The van der Waals surface area contributed by atoms with Crippen molar-refractivity contribution in [1.29, 1.82) is 0 Å². The van der Waals surface area contributed by atoms with E-state index in [0.29, 0.717) is 5.82 Å². The van der Waals surface area contributed by atoms with E-state index in [1.165, 1.54) is 10.9 Å². The van der Waals surface area contributed by atoms with Gasteiger partial charge in [0, 0.05) is 51.1 Å². The molecular formula is C43H33N5. The number of pyridine rings is 3. The van der Waals surface area contributed by atoms with E-state index in [4.69, 9.17) is 19.9 Å². The average molecular weight is 620 g/mol. The predicted molar refractivity (Wildman–Crippen MR) is 196 cm³/mol. The molecule has 48 heavy (non-hydrogen) atoms. The first kappa shape index (κ1) is 29.3. The smallest absolute Gasteiger partial charge is 0.160 e. The summed E-state index contributed by atoms with van der Waals surface area (Å²) in [6.07, 6.45) is 5.49. The lowest BCUT2D eigenvalue weighted by molar-refractivity contribution is 1.03. The Hall–Kier alpha value is -6.07. The molecule has 230 valence electrons. The van der Waals surface area contributed by atoms with E-state index in [1.54, 1.807) is 6.20 Å². The zero-order chi connectivity index (χ0) is 32.5. The number of hydrogen-bond acceptors (Lipinski definition) is 5. The van der Waals surface area contributed by atoms with Crippen molar-refractivity contribution in [2.75, 3.05) is 0 Å². The summed E-state index contributed by atoms with van der Waals surface area (Å²) in [4.78, 5) is 24.4. The van der Waals surface area contributed by atoms with Crippen molar-refractivity contribution in [1.82, 2.24) is 24.9 Å². The third-order valence-electron chi connectivity index (χ3n) is 8.93. The number of aromatic nitrogens is 5. The molecule has 0 fully saturated rings. The third kappa shape index (κ3) is 5.60. The molecule has 0 atom stereocenters. The van der Waals surface area contributed by atoms with Crippen LogP contribution in [0.3, 0.4) is 0 Å². The van der Waals surface area contributed by atoms with Gasteiger partial charge in [0.25, 0.3) is 0 Å². The minimum atomic E-state index is 0.679. The molecule has 0 aliphatic heterocycles. The maximum atomic E-state index is 5.15. The molecule has 0 spiro atoms. The Kier molecular flexibility index (Phi) is 7.71. The fraction of sp³-hybridized carbons (Fsp3) is 0.0930. The first-order valence-electron chi connectivity index (χ1n) is 16.5. The van der Waals surface area contributed by atoms with Crippen LogP contribution in [0, 0.1) is 0 Å². The van der Waals surface area contributed by atoms with Crippen LogP contribution in [0.1, 0.15) is 25.1 Å². The highest BCUT2D eigenvalue weighted by molar-refractivity contribution is 6.04. The average Bonchev–Trinajstić information content (AvgIpc) is 3.17. The van der Waals surface area contributed by atoms with Crippen molar-refractivity contribution in [3.63, 3.8) is 0 Å². The highest BCUT2D eigenvalue weighted by Crippen LogP contribution is 2.32. The molecule has 4 heterocycles. The molecule has 0 saturated carbocycles. The minimum absolute atomic E-state index is 0.679. The molecule has 5 nitrogen and oxygen atoms in total. The molecule has 0 aliphatic carbocycles. The molecule has 8 aromatic rings. The van der Waals surface area contributed by atoms with Crippen LogP contribution in [-0.4, -0.2) is 24.9 Å². The Morgan fingerprint density at radius 2 is 1.10 bits per heavy atom. The first-order chi connectivity index (χ1) is 23.7. The summed E-state index contributed by atoms with van der Waals surface area (Å²) < 4.78 is 0. The van der Waals surface area contributed by atoms with E-state index in [0.717, 1.165) is 85.4 Å². The Morgan fingerprint density at radius 3 is 1.79 bits per heavy atom. The SMILES string of the molecule is CCc1cc(CC)c2ccc3ccc(-c4ccc(-c5ccc(-c6nc(-c7ccccc7)cc(-c7cccnc7)n6)cc5)cc4)nc3c2n1. The molecule has 0 radical (unpaired) electrons. The maximum Gasteiger partial charge on any atom is 0.160 e. The largest absolute Gasteiger partial charge is 0.264 e. The second kappa shape index (κ2) is 12.6. The summed E-state index contributed by atoms with van der Waals surface area (Å²) in [6.45, 7) is 4.36. The van der Waals surface area contributed by atoms with Crippen LogP contribution in [0.4, 0.5) is 0 Å². The van der Waals surface area contributed by atoms with Gasteiger partial charge in [-0.2, -0.15) is 0 Å². The number of fused-ring (bicyclic) bond motifs is 3. The van der Waals surface area contributed by atoms with Crippen LogP contribution < -0.4 is 0 Å². The van der Waals surface area contributed by atoms with Gasteiger partial charge in [0.05, 0.1) is 28.1 Å². The van der Waals surface area contributed by atoms with Gasteiger partial charge in [-0.15, -0.1) is 0 Å². The first-order valence-corrected chi connectivity index (χ1v) is 16.5. The van der Waals surface area contributed by atoms with Crippen molar-refractivity contribution < 1.29 is 0 Å². The summed E-state index contributed by atoms with van der Waals surface area (Å²) in [6, 6.07) is 44.1. The van der Waals surface area contributed by atoms with Crippen molar-refractivity contribution in [2.45, 2.75) is 26.7 Å². The topological polar surface area (TPSA) is 64.5 Å². The van der Waals surface area contributed by atoms with Gasteiger partial charge in [0.1, 0.15) is 0 Å². The number of hydrogen-bond donors (Lipinski definition) is 0. The van der Waals surface area contributed by atoms with Crippen LogP contribution in [0.15, 0.2) is 140 Å². The van der Waals surface area contributed by atoms with Gasteiger partial charge in [-0.3, -0.25) is 9.97 Å². The van der Waals surface area contributed by atoms with Crippen LogP contribution in [0.25, 0.3) is 78.1 Å². The normalized spacial score (nSPS) is 11.3. The summed E-state index contributed by atoms with van der Waals surface area (Å²) in [5.74, 6) is 0.679. The molecule has 5 heteroatoms. The Labute approximate surface area is 280 Å². The maximum absolute atomic E-state index is 5.15. The van der Waals surface area contributed by atoms with Crippen LogP contribution in [0.2, 0.25) is 0 Å². The lowest BCUT2D eigenvalue weighted by Crippen LogP contribution is -1.96. The van der Waals surface area contributed by atoms with Gasteiger partial charge in [0.2, 0.25) is 0 Å². The molecule has 0 aliphatic rings. The van der Waals surface area contributed by atoms with Gasteiger partial charge >= 0.3 is 0 Å². The highest BCUT2D eigenvalue weighted by atomic mass is 14.9. The minimum Gasteiger partial charge on any atom is -0.264 e. The summed E-state index contributed by atoms with van der Waals surface area (Å²) in [7, 11) is 0. The lowest BCUT2D eigenvalue weighted by Gasteiger charge is -2.11. The Balaban J connectivity index is 1.11. The molecule has 0 unspecified atom stereocenters. The van der Waals surface area contributed by atoms with Gasteiger partial charge in [-0.05, 0) is 59.9 Å². The summed E-state index contributed by atoms with van der Waals surface area (Å²) in [5.41, 5.74) is 13.3. The van der Waals surface area contributed by atoms with Crippen molar-refractivity contribution in [3.05, 3.63) is 151 Å². The predicted octanol–water partition coefficient (Wildman–Crippen LogP) is 10.4. The van der Waals surface area contributed by atoms with Crippen LogP contribution >= 0.6 is 0 Å². The number of benzene rings is 4. The molecule has 0 saturated heterocycles. The second-order valence-electron chi connectivity index (χ2n) is 11.9. The standard InChI is InChI=1S/C43H33N5/c1-3-28-25-36(4-2)45-42-37(28)22-20-33-21-23-38(46-41(33)42)32-16-12-29(13-17-32)30-14-18-34(19-15-30)43-47-39(31-9-6-5-7-10-31)26-40(48-43)35-11-8-24-44-27-35/h5-27H,3-4H2,1-2H3. The third-order valence-corrected chi connectivity index (χ3v) is 8.93. The molecular weight excluding hydrogens is 587 g/mol. The highest BCUT2D eigenvalue weighted by Gasteiger charge is 2.13. The number of rotatable bonds is 7. The van der Waals surface area contributed by atoms with Crippen LogP contribution in [-0.2, 0) is 12.8 Å². The molecule has 0 N–H and O–H groups in total. The fourth-order valence-corrected chi connectivity index (χ4v) is 6.28. The van der Waals surface area contributed by atoms with Crippen molar-refractivity contribution >= 4 is 21.8 Å². The monoisotopic (exact) mass is 619 g/mol. The molecule has 8 rings (SSSR count). The molecule has 0 bridgehead atoms. The quantitative estimate of drug-likeness (QED) is 0.166.